The van der Waals surface area contributed by atoms with Gasteiger partial charge in [0, 0.05) is 4.47 Å². The number of fused-ring (bicyclic) bond motifs is 4. The molecule has 1 heteroatoms. The first-order chi connectivity index (χ1) is 14.8. The van der Waals surface area contributed by atoms with Gasteiger partial charge in [-0.25, -0.2) is 0 Å². The van der Waals surface area contributed by atoms with Gasteiger partial charge in [0.25, 0.3) is 0 Å². The van der Waals surface area contributed by atoms with E-state index in [2.05, 4.69) is 131 Å². The van der Waals surface area contributed by atoms with E-state index in [-0.39, 0.29) is 5.41 Å². The lowest BCUT2D eigenvalue weighted by atomic mass is 9.66. The Morgan fingerprint density at radius 2 is 1.00 bits per heavy atom. The average Bonchev–Trinajstić information content (AvgIpc) is 3.11. The zero-order chi connectivity index (χ0) is 20.1. The van der Waals surface area contributed by atoms with Crippen LogP contribution in [0.3, 0.4) is 0 Å². The highest BCUT2D eigenvalue weighted by Crippen LogP contribution is 2.57. The Bertz CT molecular complexity index is 1350. The van der Waals surface area contributed by atoms with Crippen LogP contribution in [0.15, 0.2) is 120 Å². The fraction of sp³-hybridized carbons (Fsp3) is 0.0345. The van der Waals surface area contributed by atoms with Gasteiger partial charge in [0.05, 0.1) is 5.41 Å². The minimum absolute atomic E-state index is 0.352. The molecule has 0 atom stereocenters. The Balaban J connectivity index is 1.84. The minimum atomic E-state index is -0.352. The third-order valence-corrected chi connectivity index (χ3v) is 6.95. The Hall–Kier alpha value is -3.16. The van der Waals surface area contributed by atoms with Crippen molar-refractivity contribution >= 4 is 26.7 Å². The maximum atomic E-state index is 3.63. The Morgan fingerprint density at radius 3 is 1.70 bits per heavy atom. The summed E-state index contributed by atoms with van der Waals surface area (Å²) in [4.78, 5) is 0. The Morgan fingerprint density at radius 1 is 0.467 bits per heavy atom. The van der Waals surface area contributed by atoms with Gasteiger partial charge in [0.15, 0.2) is 0 Å². The second-order valence-electron chi connectivity index (χ2n) is 7.87. The number of hydrogen-bond acceptors (Lipinski definition) is 0. The van der Waals surface area contributed by atoms with Gasteiger partial charge in [-0.1, -0.05) is 119 Å². The molecule has 6 rings (SSSR count). The highest BCUT2D eigenvalue weighted by Gasteiger charge is 2.46. The summed E-state index contributed by atoms with van der Waals surface area (Å²) in [6, 6.07) is 42.1. The van der Waals surface area contributed by atoms with Crippen molar-refractivity contribution in [3.63, 3.8) is 0 Å². The van der Waals surface area contributed by atoms with E-state index in [0.717, 1.165) is 4.47 Å². The smallest absolute Gasteiger partial charge is 0.0619 e. The Labute approximate surface area is 185 Å². The van der Waals surface area contributed by atoms with Gasteiger partial charge in [0.1, 0.15) is 0 Å². The highest BCUT2D eigenvalue weighted by molar-refractivity contribution is 9.10. The van der Waals surface area contributed by atoms with Crippen LogP contribution in [0.2, 0.25) is 0 Å². The fourth-order valence-electron chi connectivity index (χ4n) is 5.24. The molecule has 0 saturated heterocycles. The van der Waals surface area contributed by atoms with E-state index in [1.807, 2.05) is 0 Å². The quantitative estimate of drug-likeness (QED) is 0.253. The molecule has 0 fully saturated rings. The van der Waals surface area contributed by atoms with Gasteiger partial charge in [-0.05, 0) is 56.3 Å². The summed E-state index contributed by atoms with van der Waals surface area (Å²) in [6.07, 6.45) is 0. The molecule has 0 nitrogen and oxygen atoms in total. The molecule has 0 bridgehead atoms. The molecular formula is C29H19Br. The first-order valence-electron chi connectivity index (χ1n) is 10.2. The average molecular weight is 447 g/mol. The van der Waals surface area contributed by atoms with Gasteiger partial charge < -0.3 is 0 Å². The molecule has 5 aromatic carbocycles. The summed E-state index contributed by atoms with van der Waals surface area (Å²) >= 11 is 3.63. The van der Waals surface area contributed by atoms with Crippen LogP contribution in [0.25, 0.3) is 21.9 Å². The van der Waals surface area contributed by atoms with Crippen molar-refractivity contribution in [2.24, 2.45) is 0 Å². The van der Waals surface area contributed by atoms with Crippen LogP contribution in [-0.2, 0) is 5.41 Å². The molecule has 0 aliphatic heterocycles. The van der Waals surface area contributed by atoms with E-state index in [1.165, 1.54) is 44.2 Å². The first-order valence-corrected chi connectivity index (χ1v) is 11.0. The van der Waals surface area contributed by atoms with E-state index >= 15 is 0 Å². The molecule has 30 heavy (non-hydrogen) atoms. The van der Waals surface area contributed by atoms with Gasteiger partial charge in [-0.15, -0.1) is 0 Å². The third-order valence-electron chi connectivity index (χ3n) is 6.42. The highest BCUT2D eigenvalue weighted by atomic mass is 79.9. The monoisotopic (exact) mass is 446 g/mol. The zero-order valence-electron chi connectivity index (χ0n) is 16.3. The standard InChI is InChI=1S/C29H19Br/c30-22-18-16-21(17-19-22)29(26-15-7-9-20-8-1-2-10-23(20)26)27-13-5-3-11-24(27)25-12-4-6-14-28(25)29/h1-19H. The second-order valence-corrected chi connectivity index (χ2v) is 8.79. The van der Waals surface area contributed by atoms with E-state index in [9.17, 15) is 0 Å². The van der Waals surface area contributed by atoms with Crippen molar-refractivity contribution in [2.45, 2.75) is 5.41 Å². The molecule has 0 aromatic heterocycles. The molecule has 1 aliphatic rings. The summed E-state index contributed by atoms with van der Waals surface area (Å²) in [5, 5.41) is 2.57. The van der Waals surface area contributed by atoms with Gasteiger partial charge >= 0.3 is 0 Å². The van der Waals surface area contributed by atoms with Crippen LogP contribution in [0.5, 0.6) is 0 Å². The SMILES string of the molecule is Brc1ccc(C2(c3cccc4ccccc34)c3ccccc3-c3ccccc32)cc1. The molecular weight excluding hydrogens is 428 g/mol. The maximum Gasteiger partial charge on any atom is 0.0719 e. The van der Waals surface area contributed by atoms with Gasteiger partial charge in [-0.2, -0.15) is 0 Å². The van der Waals surface area contributed by atoms with Gasteiger partial charge in [0.2, 0.25) is 0 Å². The lowest BCUT2D eigenvalue weighted by Gasteiger charge is -2.35. The van der Waals surface area contributed by atoms with E-state index < -0.39 is 0 Å². The summed E-state index contributed by atoms with van der Waals surface area (Å²) in [5.41, 5.74) is 7.62. The molecule has 0 heterocycles. The minimum Gasteiger partial charge on any atom is -0.0619 e. The van der Waals surface area contributed by atoms with Crippen molar-refractivity contribution in [2.75, 3.05) is 0 Å². The normalized spacial score (nSPS) is 13.8. The van der Waals surface area contributed by atoms with Crippen molar-refractivity contribution in [1.29, 1.82) is 0 Å². The van der Waals surface area contributed by atoms with Crippen molar-refractivity contribution < 1.29 is 0 Å². The predicted molar refractivity (Wildman–Crippen MR) is 129 cm³/mol. The van der Waals surface area contributed by atoms with E-state index in [0.29, 0.717) is 0 Å². The van der Waals surface area contributed by atoms with E-state index in [1.54, 1.807) is 0 Å². The van der Waals surface area contributed by atoms with Crippen molar-refractivity contribution in [3.8, 4) is 11.1 Å². The van der Waals surface area contributed by atoms with Crippen LogP contribution in [-0.4, -0.2) is 0 Å². The van der Waals surface area contributed by atoms with Gasteiger partial charge in [-0.3, -0.25) is 0 Å². The molecule has 0 amide bonds. The first kappa shape index (κ1) is 17.7. The van der Waals surface area contributed by atoms with E-state index in [4.69, 9.17) is 0 Å². The predicted octanol–water partition coefficient (Wildman–Crippen LogP) is 7.97. The molecule has 0 saturated carbocycles. The lowest BCUT2D eigenvalue weighted by Crippen LogP contribution is -2.28. The van der Waals surface area contributed by atoms with Crippen LogP contribution in [0, 0.1) is 0 Å². The van der Waals surface area contributed by atoms with Crippen LogP contribution in [0.1, 0.15) is 22.3 Å². The Kier molecular flexibility index (Phi) is 3.94. The van der Waals surface area contributed by atoms with Crippen molar-refractivity contribution in [1.82, 2.24) is 0 Å². The topological polar surface area (TPSA) is 0 Å². The summed E-state index contributed by atoms with van der Waals surface area (Å²) in [7, 11) is 0. The molecule has 0 N–H and O–H groups in total. The summed E-state index contributed by atoms with van der Waals surface area (Å²) < 4.78 is 1.10. The molecule has 0 radical (unpaired) electrons. The number of halogens is 1. The van der Waals surface area contributed by atoms with Crippen molar-refractivity contribution in [3.05, 3.63) is 142 Å². The number of rotatable bonds is 2. The molecule has 0 spiro atoms. The summed E-state index contributed by atoms with van der Waals surface area (Å²) in [6.45, 7) is 0. The molecule has 1 aliphatic carbocycles. The largest absolute Gasteiger partial charge is 0.0719 e. The lowest BCUT2D eigenvalue weighted by molar-refractivity contribution is 0.776. The van der Waals surface area contributed by atoms with Crippen LogP contribution >= 0.6 is 15.9 Å². The van der Waals surface area contributed by atoms with Crippen LogP contribution < -0.4 is 0 Å². The number of hydrogen-bond donors (Lipinski definition) is 0. The maximum absolute atomic E-state index is 3.63. The molecule has 142 valence electrons. The molecule has 5 aromatic rings. The number of benzene rings is 5. The molecule has 0 unspecified atom stereocenters. The summed E-state index contributed by atoms with van der Waals surface area (Å²) in [5.74, 6) is 0. The zero-order valence-corrected chi connectivity index (χ0v) is 17.9. The fourth-order valence-corrected chi connectivity index (χ4v) is 5.51. The third kappa shape index (κ3) is 2.33. The second kappa shape index (κ2) is 6.68. The van der Waals surface area contributed by atoms with Crippen LogP contribution in [0.4, 0.5) is 0 Å².